The van der Waals surface area contributed by atoms with Crippen LogP contribution in [0.15, 0.2) is 21.7 Å². The highest BCUT2D eigenvalue weighted by Gasteiger charge is 2.19. The molecule has 2 N–H and O–H groups in total. The quantitative estimate of drug-likeness (QED) is 0.837. The standard InChI is InChI=1S/C11H14ClN3O2S3/c1-3-13-7(2)8-6-18-11(14-8)15-20(16,17)10-5-4-9(12)19-10/h4-7,13H,3H2,1-2H3,(H,14,15). The number of sulfonamides is 1. The predicted molar refractivity (Wildman–Crippen MR) is 84.3 cm³/mol. The Morgan fingerprint density at radius 3 is 2.80 bits per heavy atom. The molecule has 1 unspecified atom stereocenters. The van der Waals surface area contributed by atoms with Gasteiger partial charge in [-0.2, -0.15) is 0 Å². The van der Waals surface area contributed by atoms with Gasteiger partial charge in [0.05, 0.1) is 10.0 Å². The van der Waals surface area contributed by atoms with Gasteiger partial charge in [-0.3, -0.25) is 4.72 Å². The van der Waals surface area contributed by atoms with Crippen LogP contribution in [0.3, 0.4) is 0 Å². The van der Waals surface area contributed by atoms with Gasteiger partial charge in [0.25, 0.3) is 10.0 Å². The van der Waals surface area contributed by atoms with Gasteiger partial charge < -0.3 is 5.32 Å². The summed E-state index contributed by atoms with van der Waals surface area (Å²) in [4.78, 5) is 4.28. The summed E-state index contributed by atoms with van der Waals surface area (Å²) in [5, 5.41) is 5.42. The number of hydrogen-bond donors (Lipinski definition) is 2. The van der Waals surface area contributed by atoms with Gasteiger partial charge in [0, 0.05) is 11.4 Å². The van der Waals surface area contributed by atoms with E-state index in [2.05, 4.69) is 15.0 Å². The van der Waals surface area contributed by atoms with Gasteiger partial charge >= 0.3 is 0 Å². The van der Waals surface area contributed by atoms with Gasteiger partial charge in [-0.15, -0.1) is 22.7 Å². The van der Waals surface area contributed by atoms with E-state index < -0.39 is 10.0 Å². The summed E-state index contributed by atoms with van der Waals surface area (Å²) in [5.41, 5.74) is 0.818. The largest absolute Gasteiger partial charge is 0.309 e. The van der Waals surface area contributed by atoms with Crippen LogP contribution in [0.1, 0.15) is 25.6 Å². The molecule has 0 aliphatic carbocycles. The molecule has 2 aromatic rings. The maximum atomic E-state index is 12.1. The van der Waals surface area contributed by atoms with Gasteiger partial charge in [-0.25, -0.2) is 13.4 Å². The first kappa shape index (κ1) is 15.7. The van der Waals surface area contributed by atoms with Crippen LogP contribution in [-0.4, -0.2) is 19.9 Å². The molecule has 0 saturated carbocycles. The van der Waals surface area contributed by atoms with Crippen molar-refractivity contribution in [3.05, 3.63) is 27.5 Å². The van der Waals surface area contributed by atoms with Crippen molar-refractivity contribution in [1.82, 2.24) is 10.3 Å². The molecule has 2 rings (SSSR count). The molecule has 2 heterocycles. The minimum Gasteiger partial charge on any atom is -0.309 e. The maximum Gasteiger partial charge on any atom is 0.273 e. The molecular formula is C11H14ClN3O2S3. The number of rotatable bonds is 6. The molecule has 0 radical (unpaired) electrons. The third-order valence-corrected chi connectivity index (χ3v) is 6.48. The summed E-state index contributed by atoms with van der Waals surface area (Å²) in [7, 11) is -3.61. The van der Waals surface area contributed by atoms with E-state index in [9.17, 15) is 8.42 Å². The Morgan fingerprint density at radius 2 is 2.20 bits per heavy atom. The van der Waals surface area contributed by atoms with Gasteiger partial charge in [0.2, 0.25) is 0 Å². The molecule has 0 spiro atoms. The number of nitrogens with zero attached hydrogens (tertiary/aromatic N) is 1. The van der Waals surface area contributed by atoms with Crippen molar-refractivity contribution in [3.8, 4) is 0 Å². The van der Waals surface area contributed by atoms with Gasteiger partial charge in [-0.1, -0.05) is 18.5 Å². The fourth-order valence-electron chi connectivity index (χ4n) is 1.55. The molecule has 1 atom stereocenters. The average Bonchev–Trinajstić information content (AvgIpc) is 2.98. The summed E-state index contributed by atoms with van der Waals surface area (Å²) in [6.45, 7) is 4.82. The second-order valence-corrected chi connectivity index (χ2v) is 8.50. The van der Waals surface area contributed by atoms with E-state index in [1.807, 2.05) is 19.2 Å². The lowest BCUT2D eigenvalue weighted by molar-refractivity contribution is 0.586. The summed E-state index contributed by atoms with van der Waals surface area (Å²) in [5.74, 6) is 0. The highest BCUT2D eigenvalue weighted by molar-refractivity contribution is 7.94. The van der Waals surface area contributed by atoms with Gasteiger partial charge in [-0.05, 0) is 25.6 Å². The molecule has 20 heavy (non-hydrogen) atoms. The van der Waals surface area contributed by atoms with Crippen molar-refractivity contribution < 1.29 is 8.42 Å². The number of nitrogens with one attached hydrogen (secondary N) is 2. The van der Waals surface area contributed by atoms with Crippen LogP contribution >= 0.6 is 34.3 Å². The van der Waals surface area contributed by atoms with Gasteiger partial charge in [0.15, 0.2) is 5.13 Å². The average molecular weight is 352 g/mol. The summed E-state index contributed by atoms with van der Waals surface area (Å²) >= 11 is 8.03. The number of thiazole rings is 1. The second kappa shape index (κ2) is 6.40. The highest BCUT2D eigenvalue weighted by atomic mass is 35.5. The first-order valence-corrected chi connectivity index (χ1v) is 9.45. The van der Waals surface area contributed by atoms with E-state index in [-0.39, 0.29) is 10.3 Å². The summed E-state index contributed by atoms with van der Waals surface area (Å²) < 4.78 is 27.3. The third-order valence-electron chi connectivity index (χ3n) is 2.51. The zero-order valence-corrected chi connectivity index (χ0v) is 14.1. The lowest BCUT2D eigenvalue weighted by Crippen LogP contribution is -2.18. The van der Waals surface area contributed by atoms with Crippen LogP contribution in [-0.2, 0) is 10.0 Å². The van der Waals surface area contributed by atoms with Crippen LogP contribution in [0.25, 0.3) is 0 Å². The second-order valence-electron chi connectivity index (χ2n) is 4.02. The molecule has 9 heteroatoms. The molecule has 0 saturated heterocycles. The zero-order valence-electron chi connectivity index (χ0n) is 10.9. The molecule has 0 bridgehead atoms. The number of anilines is 1. The Bertz CT molecular complexity index is 681. The molecule has 5 nitrogen and oxygen atoms in total. The van der Waals surface area contributed by atoms with Crippen LogP contribution in [0.2, 0.25) is 4.34 Å². The molecule has 2 aromatic heterocycles. The van der Waals surface area contributed by atoms with E-state index in [0.29, 0.717) is 9.47 Å². The van der Waals surface area contributed by atoms with Crippen LogP contribution < -0.4 is 10.0 Å². The molecule has 0 aliphatic rings. The van der Waals surface area contributed by atoms with Crippen LogP contribution in [0.4, 0.5) is 5.13 Å². The SMILES string of the molecule is CCNC(C)c1csc(NS(=O)(=O)c2ccc(Cl)s2)n1. The first-order valence-electron chi connectivity index (χ1n) is 5.89. The summed E-state index contributed by atoms with van der Waals surface area (Å²) in [6, 6.07) is 3.12. The zero-order chi connectivity index (χ0) is 14.8. The lowest BCUT2D eigenvalue weighted by atomic mass is 10.3. The summed E-state index contributed by atoms with van der Waals surface area (Å²) in [6.07, 6.45) is 0. The van der Waals surface area contributed by atoms with Crippen molar-refractivity contribution in [1.29, 1.82) is 0 Å². The van der Waals surface area contributed by atoms with Crippen LogP contribution in [0.5, 0.6) is 0 Å². The number of halogens is 1. The monoisotopic (exact) mass is 351 g/mol. The van der Waals surface area contributed by atoms with E-state index in [1.54, 1.807) is 6.07 Å². The molecule has 110 valence electrons. The molecule has 0 fully saturated rings. The molecule has 0 aromatic carbocycles. The smallest absolute Gasteiger partial charge is 0.273 e. The number of aromatic nitrogens is 1. The highest BCUT2D eigenvalue weighted by Crippen LogP contribution is 2.28. The lowest BCUT2D eigenvalue weighted by Gasteiger charge is -2.08. The molecule has 0 aliphatic heterocycles. The van der Waals surface area contributed by atoms with Crippen molar-refractivity contribution in [2.75, 3.05) is 11.3 Å². The fraction of sp³-hybridized carbons (Fsp3) is 0.364. The third kappa shape index (κ3) is 3.70. The molecule has 0 amide bonds. The Balaban J connectivity index is 2.14. The van der Waals surface area contributed by atoms with Crippen molar-refractivity contribution in [2.24, 2.45) is 0 Å². The number of thiophene rings is 1. The van der Waals surface area contributed by atoms with Crippen molar-refractivity contribution in [2.45, 2.75) is 24.1 Å². The van der Waals surface area contributed by atoms with E-state index in [1.165, 1.54) is 17.4 Å². The van der Waals surface area contributed by atoms with Crippen molar-refractivity contribution >= 4 is 49.4 Å². The molecular weight excluding hydrogens is 338 g/mol. The minimum atomic E-state index is -3.61. The number of hydrogen-bond acceptors (Lipinski definition) is 6. The Kier molecular flexibility index (Phi) is 5.03. The maximum absolute atomic E-state index is 12.1. The predicted octanol–water partition coefficient (Wildman–Crippen LogP) is 3.33. The fourth-order valence-corrected chi connectivity index (χ4v) is 5.09. The van der Waals surface area contributed by atoms with E-state index in [0.717, 1.165) is 23.6 Å². The normalized spacial score (nSPS) is 13.3. The Hall–Kier alpha value is -0.670. The van der Waals surface area contributed by atoms with E-state index >= 15 is 0 Å². The van der Waals surface area contributed by atoms with Crippen LogP contribution in [0, 0.1) is 0 Å². The Morgan fingerprint density at radius 1 is 1.45 bits per heavy atom. The van der Waals surface area contributed by atoms with Crippen molar-refractivity contribution in [3.63, 3.8) is 0 Å². The topological polar surface area (TPSA) is 71.1 Å². The van der Waals surface area contributed by atoms with Gasteiger partial charge in [0.1, 0.15) is 4.21 Å². The minimum absolute atomic E-state index is 0.0886. The Labute approximate surface area is 131 Å². The first-order chi connectivity index (χ1) is 9.42. The van der Waals surface area contributed by atoms with E-state index in [4.69, 9.17) is 11.6 Å².